The Balaban J connectivity index is 2.06. The van der Waals surface area contributed by atoms with Crippen LogP contribution in [0.2, 0.25) is 0 Å². The molecule has 0 heterocycles. The van der Waals surface area contributed by atoms with Gasteiger partial charge in [-0.15, -0.1) is 0 Å². The van der Waals surface area contributed by atoms with Crippen molar-refractivity contribution in [1.29, 1.82) is 0 Å². The van der Waals surface area contributed by atoms with Crippen molar-refractivity contribution in [3.63, 3.8) is 0 Å². The molecule has 1 N–H and O–H groups in total. The quantitative estimate of drug-likeness (QED) is 0.616. The van der Waals surface area contributed by atoms with Crippen LogP contribution >= 0.6 is 24.4 Å². The van der Waals surface area contributed by atoms with E-state index in [0.717, 1.165) is 11.3 Å². The summed E-state index contributed by atoms with van der Waals surface area (Å²) in [6.07, 6.45) is 0. The molecule has 7 heteroatoms. The second-order valence-corrected chi connectivity index (χ2v) is 6.26. The zero-order chi connectivity index (χ0) is 19.1. The number of hydrogen-bond acceptors (Lipinski definition) is 5. The third-order valence-corrected chi connectivity index (χ3v) is 4.15. The highest BCUT2D eigenvalue weighted by molar-refractivity contribution is 7.80. The van der Waals surface area contributed by atoms with Crippen molar-refractivity contribution in [2.45, 2.75) is 6.92 Å². The van der Waals surface area contributed by atoms with Gasteiger partial charge in [-0.05, 0) is 55.5 Å². The van der Waals surface area contributed by atoms with E-state index in [-0.39, 0.29) is 11.1 Å². The largest absolute Gasteiger partial charge is 0.462 e. The SMILES string of the molecule is CCOC(=O)c1ccc(OC(=S)Nc2ccccc2C(=S)N(C)C)cc1. The van der Waals surface area contributed by atoms with E-state index < -0.39 is 0 Å². The second-order valence-electron chi connectivity index (χ2n) is 5.50. The fourth-order valence-corrected chi connectivity index (χ4v) is 2.52. The molecule has 0 fully saturated rings. The highest BCUT2D eigenvalue weighted by atomic mass is 32.1. The molecule has 0 radical (unpaired) electrons. The molecule has 0 aromatic heterocycles. The Morgan fingerprint density at radius 3 is 2.35 bits per heavy atom. The van der Waals surface area contributed by atoms with Crippen molar-refractivity contribution in [3.8, 4) is 5.75 Å². The Labute approximate surface area is 163 Å². The minimum Gasteiger partial charge on any atom is -0.462 e. The monoisotopic (exact) mass is 388 g/mol. The molecule has 5 nitrogen and oxygen atoms in total. The molecule has 2 aromatic carbocycles. The van der Waals surface area contributed by atoms with Gasteiger partial charge in [-0.3, -0.25) is 0 Å². The summed E-state index contributed by atoms with van der Waals surface area (Å²) in [7, 11) is 3.78. The lowest BCUT2D eigenvalue weighted by Gasteiger charge is -2.18. The van der Waals surface area contributed by atoms with E-state index in [1.165, 1.54) is 0 Å². The predicted octanol–water partition coefficient (Wildman–Crippen LogP) is 3.88. The van der Waals surface area contributed by atoms with Crippen LogP contribution in [0, 0.1) is 0 Å². The van der Waals surface area contributed by atoms with Crippen LogP contribution in [-0.4, -0.2) is 41.7 Å². The molecule has 0 aliphatic heterocycles. The average molecular weight is 389 g/mol. The summed E-state index contributed by atoms with van der Waals surface area (Å²) in [5.41, 5.74) is 2.08. The number of benzene rings is 2. The molecular formula is C19H20N2O3S2. The van der Waals surface area contributed by atoms with Crippen LogP contribution in [0.25, 0.3) is 0 Å². The number of esters is 1. The zero-order valence-corrected chi connectivity index (χ0v) is 16.4. The molecule has 0 saturated carbocycles. The number of thiocarbonyl (C=S) groups is 2. The van der Waals surface area contributed by atoms with Crippen molar-refractivity contribution in [1.82, 2.24) is 4.90 Å². The Morgan fingerprint density at radius 2 is 1.73 bits per heavy atom. The lowest BCUT2D eigenvalue weighted by Crippen LogP contribution is -2.24. The van der Waals surface area contributed by atoms with Crippen LogP contribution in [0.5, 0.6) is 5.75 Å². The van der Waals surface area contributed by atoms with Crippen molar-refractivity contribution in [2.75, 3.05) is 26.0 Å². The highest BCUT2D eigenvalue weighted by Gasteiger charge is 2.11. The van der Waals surface area contributed by atoms with Crippen LogP contribution < -0.4 is 10.1 Å². The molecule has 0 bridgehead atoms. The van der Waals surface area contributed by atoms with E-state index in [0.29, 0.717) is 22.9 Å². The molecule has 0 saturated heterocycles. The van der Waals surface area contributed by atoms with E-state index in [1.807, 2.05) is 43.3 Å². The first kappa shape index (κ1) is 19.8. The summed E-state index contributed by atoms with van der Waals surface area (Å²) in [5, 5.41) is 3.24. The molecule has 0 atom stereocenters. The maximum absolute atomic E-state index is 11.7. The first-order valence-electron chi connectivity index (χ1n) is 7.99. The molecule has 26 heavy (non-hydrogen) atoms. The normalized spacial score (nSPS) is 9.96. The van der Waals surface area contributed by atoms with Gasteiger partial charge >= 0.3 is 5.97 Å². The maximum Gasteiger partial charge on any atom is 0.338 e. The predicted molar refractivity (Wildman–Crippen MR) is 111 cm³/mol. The molecular weight excluding hydrogens is 368 g/mol. The summed E-state index contributed by atoms with van der Waals surface area (Å²) in [6.45, 7) is 2.10. The molecule has 0 spiro atoms. The van der Waals surface area contributed by atoms with Gasteiger partial charge in [0, 0.05) is 19.7 Å². The van der Waals surface area contributed by atoms with E-state index in [4.69, 9.17) is 33.9 Å². The summed E-state index contributed by atoms with van der Waals surface area (Å²) < 4.78 is 10.6. The molecule has 2 aromatic rings. The number of rotatable bonds is 5. The smallest absolute Gasteiger partial charge is 0.338 e. The number of para-hydroxylation sites is 1. The van der Waals surface area contributed by atoms with Crippen LogP contribution in [-0.2, 0) is 4.74 Å². The lowest BCUT2D eigenvalue weighted by atomic mass is 10.1. The van der Waals surface area contributed by atoms with Gasteiger partial charge in [-0.2, -0.15) is 0 Å². The van der Waals surface area contributed by atoms with Gasteiger partial charge in [0.05, 0.1) is 17.9 Å². The number of nitrogens with one attached hydrogen (secondary N) is 1. The average Bonchev–Trinajstić information content (AvgIpc) is 2.62. The minimum atomic E-state index is -0.370. The van der Waals surface area contributed by atoms with E-state index in [9.17, 15) is 4.79 Å². The number of nitrogens with zero attached hydrogens (tertiary/aromatic N) is 1. The molecule has 0 unspecified atom stereocenters. The van der Waals surface area contributed by atoms with Gasteiger partial charge in [0.2, 0.25) is 0 Å². The molecule has 0 aliphatic rings. The highest BCUT2D eigenvalue weighted by Crippen LogP contribution is 2.19. The van der Waals surface area contributed by atoms with Gasteiger partial charge < -0.3 is 19.7 Å². The molecule has 2 rings (SSSR count). The number of anilines is 1. The van der Waals surface area contributed by atoms with Gasteiger partial charge in [-0.25, -0.2) is 4.79 Å². The van der Waals surface area contributed by atoms with Gasteiger partial charge in [-0.1, -0.05) is 24.4 Å². The zero-order valence-electron chi connectivity index (χ0n) is 14.8. The third kappa shape index (κ3) is 5.24. The lowest BCUT2D eigenvalue weighted by molar-refractivity contribution is 0.0526. The van der Waals surface area contributed by atoms with Gasteiger partial charge in [0.15, 0.2) is 0 Å². The van der Waals surface area contributed by atoms with E-state index in [2.05, 4.69) is 5.32 Å². The topological polar surface area (TPSA) is 50.8 Å². The van der Waals surface area contributed by atoms with Crippen molar-refractivity contribution >= 4 is 46.3 Å². The number of hydrogen-bond donors (Lipinski definition) is 1. The van der Waals surface area contributed by atoms with Crippen LogP contribution in [0.3, 0.4) is 0 Å². The van der Waals surface area contributed by atoms with E-state index in [1.54, 1.807) is 31.2 Å². The number of ether oxygens (including phenoxy) is 2. The van der Waals surface area contributed by atoms with Crippen LogP contribution in [0.1, 0.15) is 22.8 Å². The molecule has 136 valence electrons. The number of carbonyl (C=O) groups is 1. The van der Waals surface area contributed by atoms with Crippen LogP contribution in [0.15, 0.2) is 48.5 Å². The van der Waals surface area contributed by atoms with E-state index >= 15 is 0 Å². The summed E-state index contributed by atoms with van der Waals surface area (Å²) >= 11 is 10.7. The fraction of sp³-hybridized carbons (Fsp3) is 0.211. The molecule has 0 amide bonds. The summed E-state index contributed by atoms with van der Waals surface area (Å²) in [5.74, 6) is 0.147. The number of carbonyl (C=O) groups excluding carboxylic acids is 1. The fourth-order valence-electron chi connectivity index (χ4n) is 2.14. The molecule has 0 aliphatic carbocycles. The standard InChI is InChI=1S/C19H20N2O3S2/c1-4-23-18(22)13-9-11-14(12-10-13)24-19(26)20-16-8-6-5-7-15(16)17(25)21(2)3/h5-12H,4H2,1-3H3,(H,20,26). The minimum absolute atomic E-state index is 0.183. The van der Waals surface area contributed by atoms with Gasteiger partial charge in [0.25, 0.3) is 5.17 Å². The van der Waals surface area contributed by atoms with Gasteiger partial charge in [0.1, 0.15) is 10.7 Å². The second kappa shape index (κ2) is 9.26. The maximum atomic E-state index is 11.7. The Kier molecular flexibility index (Phi) is 7.06. The Bertz CT molecular complexity index is 805. The van der Waals surface area contributed by atoms with Crippen LogP contribution in [0.4, 0.5) is 5.69 Å². The Hall–Kier alpha value is -2.51. The first-order valence-corrected chi connectivity index (χ1v) is 8.80. The van der Waals surface area contributed by atoms with Crippen molar-refractivity contribution in [3.05, 3.63) is 59.7 Å². The third-order valence-electron chi connectivity index (χ3n) is 3.38. The summed E-state index contributed by atoms with van der Waals surface area (Å²) in [4.78, 5) is 14.2. The van der Waals surface area contributed by atoms with Crippen molar-refractivity contribution in [2.24, 2.45) is 0 Å². The summed E-state index contributed by atoms with van der Waals surface area (Å²) in [6, 6.07) is 14.2. The first-order chi connectivity index (χ1) is 12.4. The Morgan fingerprint density at radius 1 is 1.08 bits per heavy atom. The van der Waals surface area contributed by atoms with Crippen molar-refractivity contribution < 1.29 is 14.3 Å².